The van der Waals surface area contributed by atoms with Crippen molar-refractivity contribution in [1.29, 1.82) is 0 Å². The Morgan fingerprint density at radius 1 is 1.22 bits per heavy atom. The Kier molecular flexibility index (Phi) is 3.99. The van der Waals surface area contributed by atoms with E-state index in [1.54, 1.807) is 32.5 Å². The molecule has 18 heavy (non-hydrogen) atoms. The van der Waals surface area contributed by atoms with E-state index in [0.29, 0.717) is 11.3 Å². The molecule has 0 N–H and O–H groups in total. The quantitative estimate of drug-likeness (QED) is 0.788. The van der Waals surface area contributed by atoms with Crippen LogP contribution in [-0.2, 0) is 0 Å². The number of methoxy groups -OCH3 is 1. The van der Waals surface area contributed by atoms with Gasteiger partial charge in [0.05, 0.1) is 12.7 Å². The van der Waals surface area contributed by atoms with Crippen LogP contribution in [0.15, 0.2) is 52.5 Å². The topological polar surface area (TPSA) is 39.2 Å². The number of Topliss-reactive ketones (excluding diaryl/α,β-unsaturated/α-hetero) is 1. The molecule has 0 unspecified atom stereocenters. The smallest absolute Gasteiger partial charge is 0.164 e. The Morgan fingerprint density at radius 3 is 2.56 bits per heavy atom. The number of benzene rings is 1. The van der Waals surface area contributed by atoms with Crippen molar-refractivity contribution in [3.05, 3.63) is 48.3 Å². The van der Waals surface area contributed by atoms with E-state index in [0.717, 1.165) is 9.79 Å². The van der Waals surface area contributed by atoms with Crippen molar-refractivity contribution < 1.29 is 9.53 Å². The van der Waals surface area contributed by atoms with E-state index in [4.69, 9.17) is 4.74 Å². The summed E-state index contributed by atoms with van der Waals surface area (Å²) in [6, 6.07) is 9.43. The Hall–Kier alpha value is -1.81. The zero-order chi connectivity index (χ0) is 13.0. The number of nitrogens with zero attached hydrogens (tertiary/aromatic N) is 1. The molecule has 0 aliphatic carbocycles. The highest BCUT2D eigenvalue weighted by Crippen LogP contribution is 2.34. The average Bonchev–Trinajstić information content (AvgIpc) is 2.39. The van der Waals surface area contributed by atoms with E-state index in [-0.39, 0.29) is 5.78 Å². The van der Waals surface area contributed by atoms with E-state index in [1.165, 1.54) is 11.8 Å². The molecule has 2 aromatic rings. The minimum atomic E-state index is 0.00371. The predicted molar refractivity (Wildman–Crippen MR) is 71.4 cm³/mol. The summed E-state index contributed by atoms with van der Waals surface area (Å²) in [6.45, 7) is 1.55. The van der Waals surface area contributed by atoms with Gasteiger partial charge >= 0.3 is 0 Å². The second-order valence-electron chi connectivity index (χ2n) is 3.67. The molecule has 1 aromatic carbocycles. The molecule has 0 aliphatic heterocycles. The first-order chi connectivity index (χ1) is 8.72. The third-order valence-electron chi connectivity index (χ3n) is 2.44. The predicted octanol–water partition coefficient (Wildman–Crippen LogP) is 3.44. The minimum absolute atomic E-state index is 0.00371. The lowest BCUT2D eigenvalue weighted by molar-refractivity contribution is 0.101. The van der Waals surface area contributed by atoms with Crippen LogP contribution in [0.2, 0.25) is 0 Å². The Balaban J connectivity index is 2.42. The molecule has 2 rings (SSSR count). The number of carbonyl (C=O) groups is 1. The highest BCUT2D eigenvalue weighted by atomic mass is 32.2. The fraction of sp³-hybridized carbons (Fsp3) is 0.143. The fourth-order valence-electron chi connectivity index (χ4n) is 1.65. The summed E-state index contributed by atoms with van der Waals surface area (Å²) in [5.41, 5.74) is 0.627. The first kappa shape index (κ1) is 12.6. The van der Waals surface area contributed by atoms with Crippen LogP contribution in [-0.4, -0.2) is 17.9 Å². The molecule has 0 saturated carbocycles. The van der Waals surface area contributed by atoms with Gasteiger partial charge in [0.1, 0.15) is 5.75 Å². The lowest BCUT2D eigenvalue weighted by Crippen LogP contribution is -1.99. The molecular formula is C14H13NO2S. The molecule has 3 nitrogen and oxygen atoms in total. The van der Waals surface area contributed by atoms with Crippen LogP contribution in [0.4, 0.5) is 0 Å². The molecule has 0 aliphatic rings. The van der Waals surface area contributed by atoms with Crippen LogP contribution < -0.4 is 4.74 Å². The second-order valence-corrected chi connectivity index (χ2v) is 4.79. The molecule has 0 amide bonds. The Morgan fingerprint density at radius 2 is 1.94 bits per heavy atom. The highest BCUT2D eigenvalue weighted by Gasteiger charge is 2.14. The highest BCUT2D eigenvalue weighted by molar-refractivity contribution is 7.99. The SMILES string of the molecule is COc1cccc(Sc2ccncc2)c1C(C)=O. The fourth-order valence-corrected chi connectivity index (χ4v) is 2.65. The van der Waals surface area contributed by atoms with Gasteiger partial charge in [-0.3, -0.25) is 9.78 Å². The maximum Gasteiger partial charge on any atom is 0.164 e. The third-order valence-corrected chi connectivity index (χ3v) is 3.51. The zero-order valence-electron chi connectivity index (χ0n) is 10.2. The molecule has 0 bridgehead atoms. The molecule has 0 saturated heterocycles. The molecule has 4 heteroatoms. The van der Waals surface area contributed by atoms with Crippen molar-refractivity contribution >= 4 is 17.5 Å². The molecule has 92 valence electrons. The van der Waals surface area contributed by atoms with E-state index in [9.17, 15) is 4.79 Å². The Bertz CT molecular complexity index is 555. The molecule has 0 fully saturated rings. The maximum atomic E-state index is 11.7. The first-order valence-electron chi connectivity index (χ1n) is 5.48. The van der Waals surface area contributed by atoms with Crippen LogP contribution in [0.1, 0.15) is 17.3 Å². The Labute approximate surface area is 110 Å². The largest absolute Gasteiger partial charge is 0.496 e. The average molecular weight is 259 g/mol. The van der Waals surface area contributed by atoms with E-state index in [1.807, 2.05) is 24.3 Å². The van der Waals surface area contributed by atoms with E-state index >= 15 is 0 Å². The van der Waals surface area contributed by atoms with E-state index in [2.05, 4.69) is 4.98 Å². The molecular weight excluding hydrogens is 246 g/mol. The van der Waals surface area contributed by atoms with Crippen molar-refractivity contribution in [3.8, 4) is 5.75 Å². The third kappa shape index (κ3) is 2.71. The van der Waals surface area contributed by atoms with Gasteiger partial charge in [0.25, 0.3) is 0 Å². The monoisotopic (exact) mass is 259 g/mol. The summed E-state index contributed by atoms with van der Waals surface area (Å²) in [7, 11) is 1.57. The normalized spacial score (nSPS) is 10.1. The maximum absolute atomic E-state index is 11.7. The lowest BCUT2D eigenvalue weighted by Gasteiger charge is -2.10. The summed E-state index contributed by atoms with van der Waals surface area (Å²) in [5.74, 6) is 0.616. The van der Waals surface area contributed by atoms with Crippen molar-refractivity contribution in [1.82, 2.24) is 4.98 Å². The first-order valence-corrected chi connectivity index (χ1v) is 6.30. The second kappa shape index (κ2) is 5.69. The van der Waals surface area contributed by atoms with Crippen LogP contribution in [0, 0.1) is 0 Å². The number of hydrogen-bond donors (Lipinski definition) is 0. The zero-order valence-corrected chi connectivity index (χ0v) is 11.0. The minimum Gasteiger partial charge on any atom is -0.496 e. The molecule has 1 heterocycles. The van der Waals surface area contributed by atoms with Gasteiger partial charge in [-0.25, -0.2) is 0 Å². The van der Waals surface area contributed by atoms with Gasteiger partial charge in [-0.2, -0.15) is 0 Å². The van der Waals surface area contributed by atoms with Gasteiger partial charge in [-0.1, -0.05) is 17.8 Å². The number of ether oxygens (including phenoxy) is 1. The van der Waals surface area contributed by atoms with Crippen molar-refractivity contribution in [2.45, 2.75) is 16.7 Å². The summed E-state index contributed by atoms with van der Waals surface area (Å²) < 4.78 is 5.24. The summed E-state index contributed by atoms with van der Waals surface area (Å²) in [6.07, 6.45) is 3.46. The van der Waals surface area contributed by atoms with Crippen LogP contribution >= 0.6 is 11.8 Å². The summed E-state index contributed by atoms with van der Waals surface area (Å²) in [4.78, 5) is 17.6. The van der Waals surface area contributed by atoms with E-state index < -0.39 is 0 Å². The van der Waals surface area contributed by atoms with Gasteiger partial charge in [0.2, 0.25) is 0 Å². The molecule has 1 aromatic heterocycles. The number of hydrogen-bond acceptors (Lipinski definition) is 4. The number of rotatable bonds is 4. The van der Waals surface area contributed by atoms with Gasteiger partial charge in [-0.05, 0) is 31.2 Å². The van der Waals surface area contributed by atoms with Crippen molar-refractivity contribution in [2.75, 3.05) is 7.11 Å². The number of ketones is 1. The van der Waals surface area contributed by atoms with Crippen LogP contribution in [0.3, 0.4) is 0 Å². The van der Waals surface area contributed by atoms with Gasteiger partial charge in [0.15, 0.2) is 5.78 Å². The standard InChI is InChI=1S/C14H13NO2S/c1-10(16)14-12(17-2)4-3-5-13(14)18-11-6-8-15-9-7-11/h3-9H,1-2H3. The van der Waals surface area contributed by atoms with Gasteiger partial charge in [0, 0.05) is 22.2 Å². The number of carbonyl (C=O) groups excluding carboxylic acids is 1. The van der Waals surface area contributed by atoms with Crippen LogP contribution in [0.25, 0.3) is 0 Å². The number of pyridine rings is 1. The van der Waals surface area contributed by atoms with Gasteiger partial charge < -0.3 is 4.74 Å². The summed E-state index contributed by atoms with van der Waals surface area (Å²) >= 11 is 1.53. The molecule has 0 radical (unpaired) electrons. The van der Waals surface area contributed by atoms with Gasteiger partial charge in [-0.15, -0.1) is 0 Å². The molecule has 0 spiro atoms. The number of aromatic nitrogens is 1. The van der Waals surface area contributed by atoms with Crippen molar-refractivity contribution in [2.24, 2.45) is 0 Å². The molecule has 0 atom stereocenters. The van der Waals surface area contributed by atoms with Crippen molar-refractivity contribution in [3.63, 3.8) is 0 Å². The lowest BCUT2D eigenvalue weighted by atomic mass is 10.1. The summed E-state index contributed by atoms with van der Waals surface area (Å²) in [5, 5.41) is 0. The van der Waals surface area contributed by atoms with Crippen LogP contribution in [0.5, 0.6) is 5.75 Å².